The predicted octanol–water partition coefficient (Wildman–Crippen LogP) is 3.62. The van der Waals surface area contributed by atoms with Crippen LogP contribution < -0.4 is 10.1 Å². The fourth-order valence-corrected chi connectivity index (χ4v) is 3.32. The SMILES string of the molecule is Cc1onc(-c2ccccc2F)c1C(=O)c1c[nH]c(OC(=O)NC2CCOCC2)c1. The van der Waals surface area contributed by atoms with Crippen LogP contribution in [0.4, 0.5) is 9.18 Å². The Morgan fingerprint density at radius 1 is 1.27 bits per heavy atom. The number of aryl methyl sites for hydroxylation is 1. The van der Waals surface area contributed by atoms with Crippen molar-refractivity contribution in [2.45, 2.75) is 25.8 Å². The number of carbonyl (C=O) groups excluding carboxylic acids is 2. The molecule has 1 aromatic carbocycles. The Kier molecular flexibility index (Phi) is 5.62. The van der Waals surface area contributed by atoms with Gasteiger partial charge in [0.25, 0.3) is 0 Å². The number of rotatable bonds is 5. The molecule has 1 amide bonds. The van der Waals surface area contributed by atoms with Crippen LogP contribution in [0.1, 0.15) is 34.5 Å². The van der Waals surface area contributed by atoms with E-state index in [9.17, 15) is 14.0 Å². The van der Waals surface area contributed by atoms with Gasteiger partial charge in [0.1, 0.15) is 17.3 Å². The normalized spacial score (nSPS) is 14.5. The van der Waals surface area contributed by atoms with Crippen LogP contribution in [0.2, 0.25) is 0 Å². The summed E-state index contributed by atoms with van der Waals surface area (Å²) in [6.07, 6.45) is 2.23. The van der Waals surface area contributed by atoms with Gasteiger partial charge in [-0.1, -0.05) is 17.3 Å². The lowest BCUT2D eigenvalue weighted by atomic mass is 9.99. The molecule has 156 valence electrons. The van der Waals surface area contributed by atoms with E-state index in [1.165, 1.54) is 24.4 Å². The second-order valence-corrected chi connectivity index (χ2v) is 6.94. The molecular formula is C21H20FN3O5. The van der Waals surface area contributed by atoms with Crippen LogP contribution in [0.25, 0.3) is 11.3 Å². The monoisotopic (exact) mass is 413 g/mol. The summed E-state index contributed by atoms with van der Waals surface area (Å²) in [5, 5.41) is 6.63. The van der Waals surface area contributed by atoms with Crippen molar-refractivity contribution in [1.29, 1.82) is 0 Å². The summed E-state index contributed by atoms with van der Waals surface area (Å²) in [7, 11) is 0. The second-order valence-electron chi connectivity index (χ2n) is 6.94. The maximum absolute atomic E-state index is 14.2. The maximum Gasteiger partial charge on any atom is 0.414 e. The molecule has 1 aliphatic rings. The zero-order valence-corrected chi connectivity index (χ0v) is 16.2. The molecule has 8 nitrogen and oxygen atoms in total. The molecule has 0 radical (unpaired) electrons. The molecule has 4 rings (SSSR count). The molecule has 3 heterocycles. The van der Waals surface area contributed by atoms with E-state index in [1.807, 2.05) is 0 Å². The molecule has 9 heteroatoms. The summed E-state index contributed by atoms with van der Waals surface area (Å²) in [6, 6.07) is 7.40. The van der Waals surface area contributed by atoms with Crippen LogP contribution >= 0.6 is 0 Å². The molecule has 0 saturated carbocycles. The molecule has 2 aromatic heterocycles. The highest BCUT2D eigenvalue weighted by Gasteiger charge is 2.26. The first-order valence-corrected chi connectivity index (χ1v) is 9.53. The van der Waals surface area contributed by atoms with Gasteiger partial charge in [-0.3, -0.25) is 4.79 Å². The zero-order valence-electron chi connectivity index (χ0n) is 16.2. The van der Waals surface area contributed by atoms with Crippen LogP contribution in [0.15, 0.2) is 41.1 Å². The van der Waals surface area contributed by atoms with E-state index in [2.05, 4.69) is 15.5 Å². The minimum atomic E-state index is -0.615. The Hall–Kier alpha value is -3.46. The number of nitrogens with one attached hydrogen (secondary N) is 2. The fourth-order valence-electron chi connectivity index (χ4n) is 3.32. The zero-order chi connectivity index (χ0) is 21.1. The third kappa shape index (κ3) is 4.11. The standard InChI is InChI=1S/C21H20FN3O5/c1-12-18(19(25-30-12)15-4-2-3-5-16(15)22)20(26)13-10-17(23-11-13)29-21(27)24-14-6-8-28-9-7-14/h2-5,10-11,14,23H,6-9H2,1H3,(H,24,27). The van der Waals surface area contributed by atoms with Crippen LogP contribution in [0.3, 0.4) is 0 Å². The van der Waals surface area contributed by atoms with Gasteiger partial charge in [-0.25, -0.2) is 9.18 Å². The van der Waals surface area contributed by atoms with Crippen LogP contribution in [0, 0.1) is 12.7 Å². The van der Waals surface area contributed by atoms with E-state index in [-0.39, 0.29) is 40.1 Å². The van der Waals surface area contributed by atoms with Crippen molar-refractivity contribution < 1.29 is 28.0 Å². The van der Waals surface area contributed by atoms with Gasteiger partial charge in [-0.15, -0.1) is 0 Å². The largest absolute Gasteiger partial charge is 0.414 e. The number of hydrogen-bond donors (Lipinski definition) is 2. The van der Waals surface area contributed by atoms with Crippen molar-refractivity contribution in [3.05, 3.63) is 59.2 Å². The van der Waals surface area contributed by atoms with Gasteiger partial charge in [0, 0.05) is 42.6 Å². The van der Waals surface area contributed by atoms with Gasteiger partial charge >= 0.3 is 6.09 Å². The van der Waals surface area contributed by atoms with E-state index >= 15 is 0 Å². The number of nitrogens with zero attached hydrogens (tertiary/aromatic N) is 1. The predicted molar refractivity (Wildman–Crippen MR) is 104 cm³/mol. The van der Waals surface area contributed by atoms with Gasteiger partial charge in [-0.05, 0) is 31.9 Å². The second kappa shape index (κ2) is 8.50. The number of ether oxygens (including phenoxy) is 2. The summed E-state index contributed by atoms with van der Waals surface area (Å²) in [6.45, 7) is 2.76. The molecule has 30 heavy (non-hydrogen) atoms. The van der Waals surface area contributed by atoms with Crippen molar-refractivity contribution in [2.75, 3.05) is 13.2 Å². The summed E-state index contributed by atoms with van der Waals surface area (Å²) < 4.78 is 29.8. The van der Waals surface area contributed by atoms with Crippen molar-refractivity contribution in [2.24, 2.45) is 0 Å². The lowest BCUT2D eigenvalue weighted by Crippen LogP contribution is -2.40. The van der Waals surface area contributed by atoms with E-state index in [0.717, 1.165) is 12.8 Å². The topological polar surface area (TPSA) is 106 Å². The first kappa shape index (κ1) is 19.8. The van der Waals surface area contributed by atoms with Gasteiger partial charge < -0.3 is 24.3 Å². The van der Waals surface area contributed by atoms with Gasteiger partial charge in [0.15, 0.2) is 0 Å². The smallest absolute Gasteiger partial charge is 0.393 e. The molecule has 0 unspecified atom stereocenters. The van der Waals surface area contributed by atoms with Crippen LogP contribution in [-0.4, -0.2) is 41.3 Å². The van der Waals surface area contributed by atoms with Crippen molar-refractivity contribution in [3.63, 3.8) is 0 Å². The third-order valence-electron chi connectivity index (χ3n) is 4.88. The highest BCUT2D eigenvalue weighted by Crippen LogP contribution is 2.30. The van der Waals surface area contributed by atoms with E-state index in [1.54, 1.807) is 19.1 Å². The highest BCUT2D eigenvalue weighted by atomic mass is 19.1. The molecular weight excluding hydrogens is 393 g/mol. The first-order valence-electron chi connectivity index (χ1n) is 9.53. The minimum absolute atomic E-state index is 0.00899. The highest BCUT2D eigenvalue weighted by molar-refractivity contribution is 6.13. The van der Waals surface area contributed by atoms with Gasteiger partial charge in [0.2, 0.25) is 11.7 Å². The number of benzene rings is 1. The number of H-pyrrole nitrogens is 1. The summed E-state index contributed by atoms with van der Waals surface area (Å²) >= 11 is 0. The molecule has 2 N–H and O–H groups in total. The Morgan fingerprint density at radius 3 is 2.80 bits per heavy atom. The number of amides is 1. The average Bonchev–Trinajstić information content (AvgIpc) is 3.35. The fraction of sp³-hybridized carbons (Fsp3) is 0.286. The van der Waals surface area contributed by atoms with Gasteiger partial charge in [0.05, 0.1) is 5.56 Å². The van der Waals surface area contributed by atoms with Crippen molar-refractivity contribution in [1.82, 2.24) is 15.5 Å². The molecule has 3 aromatic rings. The van der Waals surface area contributed by atoms with Gasteiger partial charge in [-0.2, -0.15) is 0 Å². The number of ketones is 1. The van der Waals surface area contributed by atoms with Crippen molar-refractivity contribution in [3.8, 4) is 17.1 Å². The first-order chi connectivity index (χ1) is 14.5. The molecule has 0 bridgehead atoms. The number of hydrogen-bond acceptors (Lipinski definition) is 6. The minimum Gasteiger partial charge on any atom is -0.393 e. The summed E-state index contributed by atoms with van der Waals surface area (Å²) in [5.74, 6) is -0.561. The van der Waals surface area contributed by atoms with Crippen molar-refractivity contribution >= 4 is 11.9 Å². The molecule has 1 aliphatic heterocycles. The average molecular weight is 413 g/mol. The maximum atomic E-state index is 14.2. The number of carbonyl (C=O) groups is 2. The Balaban J connectivity index is 1.50. The van der Waals surface area contributed by atoms with E-state index in [0.29, 0.717) is 13.2 Å². The molecule has 1 saturated heterocycles. The number of aromatic nitrogens is 2. The number of aromatic amines is 1. The lowest BCUT2D eigenvalue weighted by molar-refractivity contribution is 0.0777. The van der Waals surface area contributed by atoms with Crippen LogP contribution in [0.5, 0.6) is 5.88 Å². The third-order valence-corrected chi connectivity index (χ3v) is 4.88. The Bertz CT molecular complexity index is 1070. The molecule has 0 atom stereocenters. The van der Waals surface area contributed by atoms with Crippen LogP contribution in [-0.2, 0) is 4.74 Å². The Morgan fingerprint density at radius 2 is 2.03 bits per heavy atom. The molecule has 1 fully saturated rings. The summed E-state index contributed by atoms with van der Waals surface area (Å²) in [5.41, 5.74) is 0.669. The molecule has 0 aliphatic carbocycles. The lowest BCUT2D eigenvalue weighted by Gasteiger charge is -2.22. The van der Waals surface area contributed by atoms with E-state index in [4.69, 9.17) is 14.0 Å². The van der Waals surface area contributed by atoms with E-state index < -0.39 is 17.7 Å². The molecule has 0 spiro atoms. The quantitative estimate of drug-likeness (QED) is 0.619. The number of halogens is 1. The Labute approximate surface area is 171 Å². The summed E-state index contributed by atoms with van der Waals surface area (Å²) in [4.78, 5) is 27.9.